The monoisotopic (exact) mass is 343 g/mol. The van der Waals surface area contributed by atoms with Crippen molar-refractivity contribution in [3.8, 4) is 0 Å². The maximum absolute atomic E-state index is 11.6. The fourth-order valence-electron chi connectivity index (χ4n) is 2.97. The van der Waals surface area contributed by atoms with Crippen molar-refractivity contribution in [3.63, 3.8) is 0 Å². The Morgan fingerprint density at radius 3 is 1.96 bits per heavy atom. The van der Waals surface area contributed by atoms with Gasteiger partial charge in [0.2, 0.25) is 0 Å². The quantitative estimate of drug-likeness (QED) is 0.495. The van der Waals surface area contributed by atoms with Gasteiger partial charge in [-0.2, -0.15) is 0 Å². The molecule has 0 fully saturated rings. The maximum Gasteiger partial charge on any atom is 0.411 e. The summed E-state index contributed by atoms with van der Waals surface area (Å²) in [6, 6.07) is 23.5. The number of aromatic nitrogens is 1. The van der Waals surface area contributed by atoms with E-state index in [0.717, 1.165) is 33.2 Å². The lowest BCUT2D eigenvalue weighted by Crippen LogP contribution is -2.12. The zero-order chi connectivity index (χ0) is 17.9. The van der Waals surface area contributed by atoms with E-state index in [1.54, 1.807) is 0 Å². The van der Waals surface area contributed by atoms with Gasteiger partial charge in [0.15, 0.2) is 0 Å². The third kappa shape index (κ3) is 2.91. The van der Waals surface area contributed by atoms with Crippen molar-refractivity contribution in [1.82, 2.24) is 4.98 Å². The van der Waals surface area contributed by atoms with Crippen LogP contribution in [0.3, 0.4) is 0 Å². The van der Waals surface area contributed by atoms with Gasteiger partial charge in [-0.3, -0.25) is 5.32 Å². The number of carbonyl (C=O) groups excluding carboxylic acids is 1. The lowest BCUT2D eigenvalue weighted by Gasteiger charge is -2.16. The molecule has 0 spiro atoms. The zero-order valence-corrected chi connectivity index (χ0v) is 14.2. The van der Waals surface area contributed by atoms with Crippen molar-refractivity contribution >= 4 is 45.0 Å². The van der Waals surface area contributed by atoms with Crippen LogP contribution in [0.15, 0.2) is 72.8 Å². The molecule has 3 aromatic carbocycles. The first-order chi connectivity index (χ1) is 12.8. The van der Waals surface area contributed by atoms with Gasteiger partial charge in [-0.25, -0.2) is 9.78 Å². The molecule has 0 aliphatic carbocycles. The summed E-state index contributed by atoms with van der Waals surface area (Å²) in [5.41, 5.74) is 4.19. The van der Waals surface area contributed by atoms with E-state index in [4.69, 9.17) is 9.72 Å². The predicted octanol–water partition coefficient (Wildman–Crippen LogP) is 5.31. The Hall–Kier alpha value is -3.60. The first-order valence-corrected chi connectivity index (χ1v) is 8.25. The van der Waals surface area contributed by atoms with Crippen LogP contribution >= 0.6 is 0 Å². The number of anilines is 3. The van der Waals surface area contributed by atoms with Gasteiger partial charge >= 0.3 is 6.09 Å². The van der Waals surface area contributed by atoms with Crippen LogP contribution in [0.25, 0.3) is 21.8 Å². The molecule has 128 valence electrons. The molecule has 4 rings (SSSR count). The van der Waals surface area contributed by atoms with Gasteiger partial charge < -0.3 is 10.1 Å². The Morgan fingerprint density at radius 1 is 0.808 bits per heavy atom. The highest BCUT2D eigenvalue weighted by Crippen LogP contribution is 2.35. The first-order valence-electron chi connectivity index (χ1n) is 8.25. The summed E-state index contributed by atoms with van der Waals surface area (Å²) >= 11 is 0. The Morgan fingerprint density at radius 2 is 1.35 bits per heavy atom. The number of pyridine rings is 1. The molecule has 0 saturated carbocycles. The highest BCUT2D eigenvalue weighted by molar-refractivity contribution is 6.09. The second-order valence-electron chi connectivity index (χ2n) is 5.81. The van der Waals surface area contributed by atoms with Gasteiger partial charge in [0, 0.05) is 10.8 Å². The topological polar surface area (TPSA) is 63.2 Å². The van der Waals surface area contributed by atoms with Gasteiger partial charge in [-0.15, -0.1) is 0 Å². The molecule has 1 amide bonds. The number of fused-ring (bicyclic) bond motifs is 2. The molecule has 0 saturated heterocycles. The fourth-order valence-corrected chi connectivity index (χ4v) is 2.97. The molecule has 0 aliphatic heterocycles. The molecule has 0 atom stereocenters. The van der Waals surface area contributed by atoms with Crippen LogP contribution in [0, 0.1) is 0 Å². The van der Waals surface area contributed by atoms with E-state index in [0.29, 0.717) is 5.69 Å². The summed E-state index contributed by atoms with van der Waals surface area (Å²) in [5, 5.41) is 8.24. The van der Waals surface area contributed by atoms with Crippen molar-refractivity contribution in [2.75, 3.05) is 17.7 Å². The number of para-hydroxylation sites is 4. The minimum Gasteiger partial charge on any atom is -0.453 e. The van der Waals surface area contributed by atoms with Gasteiger partial charge in [0.1, 0.15) is 0 Å². The van der Waals surface area contributed by atoms with Crippen LogP contribution in [0.1, 0.15) is 0 Å². The van der Waals surface area contributed by atoms with Gasteiger partial charge in [-0.05, 0) is 24.3 Å². The molecule has 5 nitrogen and oxygen atoms in total. The molecular weight excluding hydrogens is 326 g/mol. The second kappa shape index (κ2) is 6.72. The SMILES string of the molecule is COC(=O)Nc1ccccc1Nc1c2ccccc2nc2ccccc12. The molecule has 4 aromatic rings. The average molecular weight is 343 g/mol. The summed E-state index contributed by atoms with van der Waals surface area (Å²) < 4.78 is 4.71. The third-order valence-corrected chi connectivity index (χ3v) is 4.20. The highest BCUT2D eigenvalue weighted by Gasteiger charge is 2.12. The Bertz CT molecular complexity index is 1050. The molecule has 2 N–H and O–H groups in total. The molecule has 0 unspecified atom stereocenters. The minimum absolute atomic E-state index is 0.510. The number of hydrogen-bond donors (Lipinski definition) is 2. The number of rotatable bonds is 3. The number of amides is 1. The van der Waals surface area contributed by atoms with E-state index in [-0.39, 0.29) is 0 Å². The Balaban J connectivity index is 1.88. The standard InChI is InChI=1S/C21H17N3O2/c1-26-21(25)24-19-13-7-6-12-18(19)23-20-14-8-2-4-10-16(14)22-17-11-5-3-9-15(17)20/h2-13H,1H3,(H,22,23)(H,24,25). The zero-order valence-electron chi connectivity index (χ0n) is 14.2. The Kier molecular flexibility index (Phi) is 4.11. The van der Waals surface area contributed by atoms with E-state index in [1.807, 2.05) is 72.8 Å². The van der Waals surface area contributed by atoms with Crippen molar-refractivity contribution in [2.45, 2.75) is 0 Å². The van der Waals surface area contributed by atoms with E-state index < -0.39 is 6.09 Å². The summed E-state index contributed by atoms with van der Waals surface area (Å²) in [6.07, 6.45) is -0.510. The minimum atomic E-state index is -0.510. The molecular formula is C21H17N3O2. The lowest BCUT2D eigenvalue weighted by molar-refractivity contribution is 0.187. The number of carbonyl (C=O) groups is 1. The highest BCUT2D eigenvalue weighted by atomic mass is 16.5. The van der Waals surface area contributed by atoms with Crippen LogP contribution in [0.4, 0.5) is 21.9 Å². The predicted molar refractivity (Wildman–Crippen MR) is 105 cm³/mol. The van der Waals surface area contributed by atoms with E-state index in [2.05, 4.69) is 10.6 Å². The second-order valence-corrected chi connectivity index (χ2v) is 5.81. The number of ether oxygens (including phenoxy) is 1. The molecule has 0 bridgehead atoms. The van der Waals surface area contributed by atoms with E-state index in [9.17, 15) is 4.79 Å². The number of methoxy groups -OCH3 is 1. The summed E-state index contributed by atoms with van der Waals surface area (Å²) in [5.74, 6) is 0. The third-order valence-electron chi connectivity index (χ3n) is 4.20. The largest absolute Gasteiger partial charge is 0.453 e. The number of hydrogen-bond acceptors (Lipinski definition) is 4. The fraction of sp³-hybridized carbons (Fsp3) is 0.0476. The van der Waals surface area contributed by atoms with Crippen molar-refractivity contribution < 1.29 is 9.53 Å². The summed E-state index contributed by atoms with van der Waals surface area (Å²) in [6.45, 7) is 0. The van der Waals surface area contributed by atoms with Gasteiger partial charge in [0.05, 0.1) is 35.2 Å². The summed E-state index contributed by atoms with van der Waals surface area (Å²) in [4.78, 5) is 16.4. The van der Waals surface area contributed by atoms with Crippen molar-refractivity contribution in [1.29, 1.82) is 0 Å². The summed E-state index contributed by atoms with van der Waals surface area (Å²) in [7, 11) is 1.34. The van der Waals surface area contributed by atoms with Crippen LogP contribution in [0.2, 0.25) is 0 Å². The molecule has 1 heterocycles. The van der Waals surface area contributed by atoms with Crippen molar-refractivity contribution in [3.05, 3.63) is 72.8 Å². The number of nitrogens with zero attached hydrogens (tertiary/aromatic N) is 1. The normalized spacial score (nSPS) is 10.7. The molecule has 26 heavy (non-hydrogen) atoms. The molecule has 5 heteroatoms. The number of nitrogens with one attached hydrogen (secondary N) is 2. The van der Waals surface area contributed by atoms with E-state index >= 15 is 0 Å². The smallest absolute Gasteiger partial charge is 0.411 e. The van der Waals surface area contributed by atoms with Gasteiger partial charge in [-0.1, -0.05) is 48.5 Å². The van der Waals surface area contributed by atoms with Crippen LogP contribution in [-0.2, 0) is 4.74 Å². The Labute approximate surface area is 150 Å². The number of benzene rings is 3. The van der Waals surface area contributed by atoms with Gasteiger partial charge in [0.25, 0.3) is 0 Å². The molecule has 1 aromatic heterocycles. The molecule has 0 radical (unpaired) electrons. The first kappa shape index (κ1) is 15.9. The maximum atomic E-state index is 11.6. The van der Waals surface area contributed by atoms with Crippen LogP contribution in [-0.4, -0.2) is 18.2 Å². The van der Waals surface area contributed by atoms with Crippen LogP contribution < -0.4 is 10.6 Å². The molecule has 0 aliphatic rings. The lowest BCUT2D eigenvalue weighted by atomic mass is 10.1. The average Bonchev–Trinajstić information content (AvgIpc) is 2.69. The van der Waals surface area contributed by atoms with Crippen LogP contribution in [0.5, 0.6) is 0 Å². The van der Waals surface area contributed by atoms with E-state index in [1.165, 1.54) is 7.11 Å². The van der Waals surface area contributed by atoms with Crippen molar-refractivity contribution in [2.24, 2.45) is 0 Å².